The van der Waals surface area contributed by atoms with Crippen molar-refractivity contribution in [3.8, 4) is 5.75 Å². The number of carbonyl (C=O) groups is 1. The molecule has 0 radical (unpaired) electrons. The monoisotopic (exact) mass is 332 g/mol. The molecule has 3 aromatic rings. The van der Waals surface area contributed by atoms with E-state index in [2.05, 4.69) is 5.32 Å². The number of hydrogen-bond acceptors (Lipinski definition) is 3. The Morgan fingerprint density at radius 2 is 1.48 bits per heavy atom. The third-order valence-electron chi connectivity index (χ3n) is 4.01. The van der Waals surface area contributed by atoms with E-state index in [1.54, 1.807) is 25.3 Å². The molecule has 0 saturated heterocycles. The minimum absolute atomic E-state index is 0.138. The number of anilines is 2. The van der Waals surface area contributed by atoms with Crippen LogP contribution in [0.1, 0.15) is 17.0 Å². The van der Waals surface area contributed by atoms with E-state index < -0.39 is 5.92 Å². The lowest BCUT2D eigenvalue weighted by atomic mass is 9.90. The molecule has 0 spiro atoms. The predicted molar refractivity (Wildman–Crippen MR) is 101 cm³/mol. The van der Waals surface area contributed by atoms with Crippen LogP contribution >= 0.6 is 0 Å². The van der Waals surface area contributed by atoms with Gasteiger partial charge in [-0.3, -0.25) is 4.79 Å². The van der Waals surface area contributed by atoms with E-state index in [4.69, 9.17) is 10.5 Å². The molecule has 0 aromatic heterocycles. The molecule has 4 nitrogen and oxygen atoms in total. The molecular formula is C21H20N2O2. The number of carbonyl (C=O) groups excluding carboxylic acids is 1. The molecule has 3 rings (SSSR count). The summed E-state index contributed by atoms with van der Waals surface area (Å²) >= 11 is 0. The Labute approximate surface area is 147 Å². The van der Waals surface area contributed by atoms with E-state index in [1.807, 2.05) is 60.7 Å². The van der Waals surface area contributed by atoms with Crippen molar-refractivity contribution >= 4 is 17.3 Å². The molecule has 25 heavy (non-hydrogen) atoms. The zero-order valence-electron chi connectivity index (χ0n) is 14.0. The van der Waals surface area contributed by atoms with Crippen LogP contribution in [0.4, 0.5) is 11.4 Å². The Morgan fingerprint density at radius 3 is 2.00 bits per heavy atom. The summed E-state index contributed by atoms with van der Waals surface area (Å²) in [6, 6.07) is 24.6. The van der Waals surface area contributed by atoms with Gasteiger partial charge in [0.25, 0.3) is 0 Å². The van der Waals surface area contributed by atoms with Crippen LogP contribution in [0.5, 0.6) is 5.75 Å². The summed E-state index contributed by atoms with van der Waals surface area (Å²) < 4.78 is 5.32. The number of nitrogen functional groups attached to an aromatic ring is 1. The SMILES string of the molecule is COc1ccc(N)cc1NC(=O)C(c1ccccc1)c1ccccc1. The summed E-state index contributed by atoms with van der Waals surface area (Å²) in [6.45, 7) is 0. The van der Waals surface area contributed by atoms with Crippen molar-refractivity contribution in [1.82, 2.24) is 0 Å². The Bertz CT molecular complexity index is 809. The van der Waals surface area contributed by atoms with E-state index in [9.17, 15) is 4.79 Å². The van der Waals surface area contributed by atoms with Gasteiger partial charge in [-0.25, -0.2) is 0 Å². The number of amides is 1. The molecule has 0 aliphatic carbocycles. The topological polar surface area (TPSA) is 64.3 Å². The second kappa shape index (κ2) is 7.53. The quantitative estimate of drug-likeness (QED) is 0.693. The predicted octanol–water partition coefficient (Wildman–Crippen LogP) is 4.05. The molecule has 1 amide bonds. The minimum atomic E-state index is -0.423. The Morgan fingerprint density at radius 1 is 0.920 bits per heavy atom. The number of ether oxygens (including phenoxy) is 1. The molecule has 3 aromatic carbocycles. The van der Waals surface area contributed by atoms with Crippen molar-refractivity contribution < 1.29 is 9.53 Å². The zero-order valence-corrected chi connectivity index (χ0v) is 14.0. The summed E-state index contributed by atoms with van der Waals surface area (Å²) in [5.41, 5.74) is 8.82. The Hall–Kier alpha value is -3.27. The smallest absolute Gasteiger partial charge is 0.236 e. The van der Waals surface area contributed by atoms with E-state index in [0.29, 0.717) is 17.1 Å². The van der Waals surface area contributed by atoms with Gasteiger partial charge in [-0.05, 0) is 29.3 Å². The first kappa shape index (κ1) is 16.6. The molecule has 126 valence electrons. The number of hydrogen-bond donors (Lipinski definition) is 2. The average molecular weight is 332 g/mol. The van der Waals surface area contributed by atoms with Gasteiger partial charge >= 0.3 is 0 Å². The van der Waals surface area contributed by atoms with Crippen molar-refractivity contribution in [1.29, 1.82) is 0 Å². The highest BCUT2D eigenvalue weighted by Crippen LogP contribution is 2.30. The number of nitrogens with two attached hydrogens (primary N) is 1. The molecule has 0 saturated carbocycles. The first-order chi connectivity index (χ1) is 12.2. The molecular weight excluding hydrogens is 312 g/mol. The van der Waals surface area contributed by atoms with Crippen molar-refractivity contribution in [3.63, 3.8) is 0 Å². The molecule has 0 atom stereocenters. The third-order valence-corrected chi connectivity index (χ3v) is 4.01. The highest BCUT2D eigenvalue weighted by Gasteiger charge is 2.23. The van der Waals surface area contributed by atoms with E-state index in [0.717, 1.165) is 11.1 Å². The minimum Gasteiger partial charge on any atom is -0.495 e. The van der Waals surface area contributed by atoms with Crippen molar-refractivity contribution in [3.05, 3.63) is 90.0 Å². The summed E-state index contributed by atoms with van der Waals surface area (Å²) in [4.78, 5) is 13.1. The van der Waals surface area contributed by atoms with Gasteiger partial charge in [-0.2, -0.15) is 0 Å². The lowest BCUT2D eigenvalue weighted by molar-refractivity contribution is -0.116. The highest BCUT2D eigenvalue weighted by atomic mass is 16.5. The summed E-state index contributed by atoms with van der Waals surface area (Å²) in [7, 11) is 1.56. The molecule has 0 fully saturated rings. The lowest BCUT2D eigenvalue weighted by Crippen LogP contribution is -2.22. The normalized spacial score (nSPS) is 10.5. The maximum Gasteiger partial charge on any atom is 0.236 e. The standard InChI is InChI=1S/C21H20N2O2/c1-25-19-13-12-17(22)14-18(19)23-21(24)20(15-8-4-2-5-9-15)16-10-6-3-7-11-16/h2-14,20H,22H2,1H3,(H,23,24). The van der Waals surface area contributed by atoms with Gasteiger partial charge in [0.15, 0.2) is 0 Å². The first-order valence-corrected chi connectivity index (χ1v) is 8.03. The van der Waals surface area contributed by atoms with Gasteiger partial charge in [-0.15, -0.1) is 0 Å². The van der Waals surface area contributed by atoms with Crippen LogP contribution < -0.4 is 15.8 Å². The van der Waals surface area contributed by atoms with E-state index in [-0.39, 0.29) is 5.91 Å². The molecule has 0 aliphatic heterocycles. The maximum absolute atomic E-state index is 13.1. The fourth-order valence-electron chi connectivity index (χ4n) is 2.81. The largest absolute Gasteiger partial charge is 0.495 e. The van der Waals surface area contributed by atoms with Crippen LogP contribution in [0.15, 0.2) is 78.9 Å². The Balaban J connectivity index is 1.97. The van der Waals surface area contributed by atoms with Crippen LogP contribution in [0, 0.1) is 0 Å². The van der Waals surface area contributed by atoms with Gasteiger partial charge < -0.3 is 15.8 Å². The molecule has 0 heterocycles. The third kappa shape index (κ3) is 3.80. The van der Waals surface area contributed by atoms with E-state index in [1.165, 1.54) is 0 Å². The summed E-state index contributed by atoms with van der Waals surface area (Å²) in [6.07, 6.45) is 0. The average Bonchev–Trinajstić information content (AvgIpc) is 2.64. The Kier molecular flexibility index (Phi) is 5.00. The highest BCUT2D eigenvalue weighted by molar-refractivity contribution is 5.99. The van der Waals surface area contributed by atoms with Gasteiger partial charge in [0, 0.05) is 5.69 Å². The van der Waals surface area contributed by atoms with Gasteiger partial charge in [0.05, 0.1) is 18.7 Å². The number of benzene rings is 3. The number of nitrogens with one attached hydrogen (secondary N) is 1. The van der Waals surface area contributed by atoms with Gasteiger partial charge in [0.2, 0.25) is 5.91 Å². The first-order valence-electron chi connectivity index (χ1n) is 8.03. The molecule has 0 bridgehead atoms. The fourth-order valence-corrected chi connectivity index (χ4v) is 2.81. The van der Waals surface area contributed by atoms with Crippen molar-refractivity contribution in [2.45, 2.75) is 5.92 Å². The lowest BCUT2D eigenvalue weighted by Gasteiger charge is -2.19. The molecule has 0 aliphatic rings. The van der Waals surface area contributed by atoms with Gasteiger partial charge in [0.1, 0.15) is 5.75 Å². The molecule has 4 heteroatoms. The van der Waals surface area contributed by atoms with Crippen LogP contribution in [0.3, 0.4) is 0 Å². The molecule has 0 unspecified atom stereocenters. The zero-order chi connectivity index (χ0) is 17.6. The van der Waals surface area contributed by atoms with Crippen LogP contribution in [0.25, 0.3) is 0 Å². The van der Waals surface area contributed by atoms with Gasteiger partial charge in [-0.1, -0.05) is 60.7 Å². The second-order valence-corrected chi connectivity index (χ2v) is 5.70. The van der Waals surface area contributed by atoms with Crippen LogP contribution in [-0.2, 0) is 4.79 Å². The van der Waals surface area contributed by atoms with Crippen molar-refractivity contribution in [2.24, 2.45) is 0 Å². The summed E-state index contributed by atoms with van der Waals surface area (Å²) in [5, 5.41) is 2.96. The van der Waals surface area contributed by atoms with Crippen molar-refractivity contribution in [2.75, 3.05) is 18.2 Å². The van der Waals surface area contributed by atoms with Crippen LogP contribution in [0.2, 0.25) is 0 Å². The molecule has 3 N–H and O–H groups in total. The fraction of sp³-hybridized carbons (Fsp3) is 0.0952. The van der Waals surface area contributed by atoms with Crippen LogP contribution in [-0.4, -0.2) is 13.0 Å². The maximum atomic E-state index is 13.1. The number of methoxy groups -OCH3 is 1. The second-order valence-electron chi connectivity index (χ2n) is 5.70. The van der Waals surface area contributed by atoms with E-state index >= 15 is 0 Å². The summed E-state index contributed by atoms with van der Waals surface area (Å²) in [5.74, 6) is 0.0114. The number of rotatable bonds is 5.